The third-order valence-corrected chi connectivity index (χ3v) is 4.17. The van der Waals surface area contributed by atoms with Crippen LogP contribution in [0.15, 0.2) is 61.7 Å². The Bertz CT molecular complexity index is 864. The number of rotatable bonds is 4. The van der Waals surface area contributed by atoms with Crippen LogP contribution in [0.1, 0.15) is 20.7 Å². The Kier molecular flexibility index (Phi) is 4.57. The fourth-order valence-corrected chi connectivity index (χ4v) is 2.57. The highest BCUT2D eigenvalue weighted by Crippen LogP contribution is 2.09. The molecule has 134 valence electrons. The first-order valence-corrected chi connectivity index (χ1v) is 8.10. The van der Waals surface area contributed by atoms with Crippen molar-refractivity contribution in [2.45, 2.75) is 0 Å². The lowest BCUT2D eigenvalue weighted by atomic mass is 10.1. The minimum absolute atomic E-state index is 0.161. The van der Waals surface area contributed by atoms with E-state index in [9.17, 15) is 9.59 Å². The first-order valence-electron chi connectivity index (χ1n) is 8.10. The van der Waals surface area contributed by atoms with Crippen LogP contribution in [-0.4, -0.2) is 35.3 Å². The molecular weight excluding hydrogens is 332 g/mol. The summed E-state index contributed by atoms with van der Waals surface area (Å²) < 4.78 is 7.09. The average Bonchev–Trinajstić information content (AvgIpc) is 3.27. The summed E-state index contributed by atoms with van der Waals surface area (Å²) in [6.45, 7) is 0. The molecule has 0 aliphatic rings. The van der Waals surface area contributed by atoms with E-state index in [2.05, 4.69) is 0 Å². The predicted octanol–water partition coefficient (Wildman–Crippen LogP) is -0.245. The zero-order valence-electron chi connectivity index (χ0n) is 15.3. The first-order chi connectivity index (χ1) is 12.4. The maximum atomic E-state index is 12.6. The minimum atomic E-state index is -0.161. The molecule has 26 heavy (non-hydrogen) atoms. The lowest BCUT2D eigenvalue weighted by molar-refractivity contribution is -0.671. The van der Waals surface area contributed by atoms with Gasteiger partial charge in [0, 0.05) is 11.1 Å². The van der Waals surface area contributed by atoms with Crippen molar-refractivity contribution in [2.75, 3.05) is 24.1 Å². The number of aryl methyl sites for hydroxylation is 2. The topological polar surface area (TPSA) is 58.2 Å². The van der Waals surface area contributed by atoms with E-state index in [1.54, 1.807) is 72.8 Å². The van der Waals surface area contributed by atoms with Crippen LogP contribution in [0, 0.1) is 0 Å². The van der Waals surface area contributed by atoms with Gasteiger partial charge in [-0.15, -0.1) is 9.35 Å². The fourth-order valence-electron chi connectivity index (χ4n) is 2.57. The summed E-state index contributed by atoms with van der Waals surface area (Å²) in [5, 5.41) is 3.01. The van der Waals surface area contributed by atoms with Crippen LogP contribution in [0.25, 0.3) is 0 Å². The van der Waals surface area contributed by atoms with Crippen LogP contribution in [-0.2, 0) is 14.1 Å². The largest absolute Gasteiger partial charge is 0.288 e. The highest BCUT2D eigenvalue weighted by Gasteiger charge is 2.20. The number of hydrogen-bond donors (Lipinski definition) is 0. The van der Waals surface area contributed by atoms with Crippen molar-refractivity contribution in [3.8, 4) is 0 Å². The molecule has 0 radical (unpaired) electrons. The van der Waals surface area contributed by atoms with E-state index in [0.717, 1.165) is 0 Å². The Labute approximate surface area is 151 Å². The van der Waals surface area contributed by atoms with E-state index in [-0.39, 0.29) is 11.8 Å². The monoisotopic (exact) mass is 354 g/mol. The van der Waals surface area contributed by atoms with Crippen molar-refractivity contribution in [2.24, 2.45) is 14.1 Å². The van der Waals surface area contributed by atoms with Gasteiger partial charge in [-0.1, -0.05) is 0 Å². The standard InChI is InChI=1S/C18H22N6O2/c1-19-9-11-23(13-19)21(3)17(25)15-5-7-16(8-6-15)18(26)22(4)24-12-10-20(2)14-24/h5-14H,1-4H3/q+2. The van der Waals surface area contributed by atoms with Gasteiger partial charge in [0.2, 0.25) is 0 Å². The summed E-state index contributed by atoms with van der Waals surface area (Å²) >= 11 is 0. The van der Waals surface area contributed by atoms with E-state index in [1.165, 1.54) is 10.0 Å². The molecule has 0 spiro atoms. The SMILES string of the molecule is CN(C(=O)c1ccc(C(=O)N(C)n2cc[n+](C)c2)cc1)n1cc[n+](C)c1. The quantitative estimate of drug-likeness (QED) is 0.607. The maximum Gasteiger partial charge on any atom is 0.288 e. The second-order valence-corrected chi connectivity index (χ2v) is 6.15. The molecule has 0 bridgehead atoms. The highest BCUT2D eigenvalue weighted by atomic mass is 16.2. The van der Waals surface area contributed by atoms with Crippen LogP contribution in [0.5, 0.6) is 0 Å². The highest BCUT2D eigenvalue weighted by molar-refractivity contribution is 6.04. The molecule has 0 saturated heterocycles. The molecule has 0 saturated carbocycles. The molecule has 2 amide bonds. The normalized spacial score (nSPS) is 10.6. The summed E-state index contributed by atoms with van der Waals surface area (Å²) in [6, 6.07) is 6.66. The van der Waals surface area contributed by atoms with E-state index in [1.807, 2.05) is 35.6 Å². The van der Waals surface area contributed by atoms with Crippen molar-refractivity contribution in [3.63, 3.8) is 0 Å². The van der Waals surface area contributed by atoms with Crippen LogP contribution < -0.4 is 19.2 Å². The third-order valence-electron chi connectivity index (χ3n) is 4.17. The summed E-state index contributed by atoms with van der Waals surface area (Å²) in [6.07, 6.45) is 10.9. The molecule has 3 aromatic rings. The van der Waals surface area contributed by atoms with Gasteiger partial charge in [-0.3, -0.25) is 9.59 Å². The molecule has 0 atom stereocenters. The van der Waals surface area contributed by atoms with E-state index in [4.69, 9.17) is 0 Å². The van der Waals surface area contributed by atoms with Crippen LogP contribution >= 0.6 is 0 Å². The van der Waals surface area contributed by atoms with Crippen LogP contribution in [0.2, 0.25) is 0 Å². The number of hydrogen-bond acceptors (Lipinski definition) is 2. The summed E-state index contributed by atoms with van der Waals surface area (Å²) in [5.74, 6) is -0.322. The summed E-state index contributed by atoms with van der Waals surface area (Å²) in [7, 11) is 7.16. The van der Waals surface area contributed by atoms with Crippen molar-refractivity contribution < 1.29 is 18.7 Å². The number of carbonyl (C=O) groups is 2. The zero-order chi connectivity index (χ0) is 18.8. The van der Waals surface area contributed by atoms with Gasteiger partial charge in [0.25, 0.3) is 24.5 Å². The Morgan fingerprint density at radius 1 is 0.769 bits per heavy atom. The lowest BCUT2D eigenvalue weighted by Crippen LogP contribution is -2.38. The second kappa shape index (κ2) is 6.83. The van der Waals surface area contributed by atoms with Gasteiger partial charge in [0.15, 0.2) is 12.4 Å². The zero-order valence-corrected chi connectivity index (χ0v) is 15.3. The summed E-state index contributed by atoms with van der Waals surface area (Å²) in [5.41, 5.74) is 1.02. The van der Waals surface area contributed by atoms with Crippen LogP contribution in [0.3, 0.4) is 0 Å². The number of benzene rings is 1. The van der Waals surface area contributed by atoms with Gasteiger partial charge in [-0.05, 0) is 24.3 Å². The Balaban J connectivity index is 1.75. The first kappa shape index (κ1) is 17.4. The van der Waals surface area contributed by atoms with Gasteiger partial charge in [-0.25, -0.2) is 9.13 Å². The lowest BCUT2D eigenvalue weighted by Gasteiger charge is -2.14. The molecule has 3 rings (SSSR count). The molecule has 2 aromatic heterocycles. The van der Waals surface area contributed by atoms with E-state index in [0.29, 0.717) is 11.1 Å². The Hall–Kier alpha value is -3.42. The van der Waals surface area contributed by atoms with Crippen molar-refractivity contribution in [1.29, 1.82) is 0 Å². The average molecular weight is 354 g/mol. The molecule has 8 heteroatoms. The number of imidazole rings is 2. The molecule has 0 aliphatic carbocycles. The third kappa shape index (κ3) is 3.34. The smallest absolute Gasteiger partial charge is 0.265 e. The number of amides is 2. The van der Waals surface area contributed by atoms with E-state index < -0.39 is 0 Å². The summed E-state index contributed by atoms with van der Waals surface area (Å²) in [4.78, 5) is 25.2. The van der Waals surface area contributed by atoms with Gasteiger partial charge < -0.3 is 0 Å². The van der Waals surface area contributed by atoms with Crippen molar-refractivity contribution in [3.05, 3.63) is 72.8 Å². The molecule has 0 fully saturated rings. The molecule has 8 nitrogen and oxygen atoms in total. The number of nitrogens with zero attached hydrogens (tertiary/aromatic N) is 6. The molecule has 1 aromatic carbocycles. The molecule has 2 heterocycles. The van der Waals surface area contributed by atoms with Crippen molar-refractivity contribution >= 4 is 11.8 Å². The molecular formula is C18H22N6O2+2. The molecule has 0 N–H and O–H groups in total. The van der Waals surface area contributed by atoms with Gasteiger partial charge in [0.05, 0.1) is 28.2 Å². The Morgan fingerprint density at radius 2 is 1.12 bits per heavy atom. The minimum Gasteiger partial charge on any atom is -0.265 e. The number of carbonyl (C=O) groups excluding carboxylic acids is 2. The van der Waals surface area contributed by atoms with Crippen LogP contribution in [0.4, 0.5) is 0 Å². The molecule has 0 unspecified atom stereocenters. The van der Waals surface area contributed by atoms with E-state index >= 15 is 0 Å². The van der Waals surface area contributed by atoms with Gasteiger partial charge >= 0.3 is 0 Å². The molecule has 0 aliphatic heterocycles. The van der Waals surface area contributed by atoms with Gasteiger partial charge in [0.1, 0.15) is 12.4 Å². The second-order valence-electron chi connectivity index (χ2n) is 6.15. The Morgan fingerprint density at radius 3 is 1.38 bits per heavy atom. The van der Waals surface area contributed by atoms with Crippen molar-refractivity contribution in [1.82, 2.24) is 9.35 Å². The predicted molar refractivity (Wildman–Crippen MR) is 94.6 cm³/mol. The van der Waals surface area contributed by atoms with Gasteiger partial charge in [-0.2, -0.15) is 10.0 Å². The fraction of sp³-hybridized carbons (Fsp3) is 0.222. The maximum absolute atomic E-state index is 12.6. The number of aromatic nitrogens is 4.